The number of hydrogen-bond donors (Lipinski definition) is 1. The molecule has 2 saturated heterocycles. The van der Waals surface area contributed by atoms with E-state index in [1.165, 1.54) is 7.11 Å². The van der Waals surface area contributed by atoms with Crippen LogP contribution in [0, 0.1) is 0 Å². The fourth-order valence-electron chi connectivity index (χ4n) is 4.92. The zero-order valence-corrected chi connectivity index (χ0v) is 21.7. The van der Waals surface area contributed by atoms with Gasteiger partial charge in [0.1, 0.15) is 23.8 Å². The van der Waals surface area contributed by atoms with E-state index in [-0.39, 0.29) is 18.1 Å². The molecule has 2 aliphatic rings. The molecule has 0 radical (unpaired) electrons. The predicted molar refractivity (Wildman–Crippen MR) is 143 cm³/mol. The van der Waals surface area contributed by atoms with E-state index in [9.17, 15) is 4.79 Å². The third kappa shape index (κ3) is 5.87. The second-order valence-corrected chi connectivity index (χ2v) is 9.21. The summed E-state index contributed by atoms with van der Waals surface area (Å²) < 4.78 is 17.0. The van der Waals surface area contributed by atoms with Gasteiger partial charge in [0.05, 0.1) is 32.7 Å². The van der Waals surface area contributed by atoms with E-state index in [4.69, 9.17) is 19.2 Å². The number of hydrogen-bond acceptors (Lipinski definition) is 11. The zero-order chi connectivity index (χ0) is 26.3. The molecule has 0 spiro atoms. The number of nitrogens with one attached hydrogen (secondary N) is 1. The van der Waals surface area contributed by atoms with Crippen LogP contribution in [-0.2, 0) is 9.53 Å². The Balaban J connectivity index is 1.26. The van der Waals surface area contributed by atoms with Crippen LogP contribution in [0.15, 0.2) is 48.9 Å². The molecule has 3 aromatic rings. The first-order valence-corrected chi connectivity index (χ1v) is 13.0. The Hall–Kier alpha value is -4.15. The molecule has 0 bridgehead atoms. The number of methoxy groups -OCH3 is 1. The maximum absolute atomic E-state index is 12.2. The number of esters is 1. The van der Waals surface area contributed by atoms with E-state index in [1.807, 2.05) is 36.1 Å². The Kier molecular flexibility index (Phi) is 8.01. The number of benzene rings is 1. The summed E-state index contributed by atoms with van der Waals surface area (Å²) in [6.07, 6.45) is 8.64. The van der Waals surface area contributed by atoms with Crippen LogP contribution in [-0.4, -0.2) is 71.4 Å². The van der Waals surface area contributed by atoms with E-state index < -0.39 is 0 Å². The topological polar surface area (TPSA) is 115 Å². The number of carbonyl (C=O) groups excluding carboxylic acids is 1. The maximum Gasteiger partial charge on any atom is 0.328 e. The third-order valence-corrected chi connectivity index (χ3v) is 6.67. The molecule has 38 heavy (non-hydrogen) atoms. The molecule has 11 nitrogen and oxygen atoms in total. The Morgan fingerprint density at radius 1 is 1.05 bits per heavy atom. The highest BCUT2D eigenvalue weighted by molar-refractivity contribution is 5.80. The van der Waals surface area contributed by atoms with E-state index in [2.05, 4.69) is 25.2 Å². The summed E-state index contributed by atoms with van der Waals surface area (Å²) >= 11 is 0. The highest BCUT2D eigenvalue weighted by Gasteiger charge is 2.32. The number of piperidine rings is 1. The van der Waals surface area contributed by atoms with Crippen molar-refractivity contribution in [2.75, 3.05) is 48.5 Å². The maximum atomic E-state index is 12.2. The summed E-state index contributed by atoms with van der Waals surface area (Å²) in [5.74, 6) is 3.61. The Labute approximate surface area is 222 Å². The van der Waals surface area contributed by atoms with Gasteiger partial charge < -0.3 is 29.3 Å². The first-order chi connectivity index (χ1) is 18.6. The lowest BCUT2D eigenvalue weighted by Gasteiger charge is -2.33. The van der Waals surface area contributed by atoms with Gasteiger partial charge >= 0.3 is 5.97 Å². The number of nitrogens with zero attached hydrogens (tertiary/aromatic N) is 6. The molecule has 5 rings (SSSR count). The zero-order valence-electron chi connectivity index (χ0n) is 21.7. The molecule has 2 fully saturated rings. The van der Waals surface area contributed by atoms with Crippen LogP contribution >= 0.6 is 0 Å². The van der Waals surface area contributed by atoms with Crippen molar-refractivity contribution in [2.45, 2.75) is 44.8 Å². The van der Waals surface area contributed by atoms with Crippen LogP contribution in [0.1, 0.15) is 32.6 Å². The van der Waals surface area contributed by atoms with Gasteiger partial charge in [0.15, 0.2) is 17.3 Å². The lowest BCUT2D eigenvalue weighted by Crippen LogP contribution is -2.41. The molecule has 2 atom stereocenters. The first kappa shape index (κ1) is 25.5. The first-order valence-electron chi connectivity index (χ1n) is 13.0. The fourth-order valence-corrected chi connectivity index (χ4v) is 4.92. The molecule has 0 amide bonds. The Bertz CT molecular complexity index is 1240. The Morgan fingerprint density at radius 2 is 1.89 bits per heavy atom. The van der Waals surface area contributed by atoms with Gasteiger partial charge in [-0.15, -0.1) is 0 Å². The van der Waals surface area contributed by atoms with Crippen molar-refractivity contribution in [3.8, 4) is 11.5 Å². The summed E-state index contributed by atoms with van der Waals surface area (Å²) in [4.78, 5) is 34.4. The van der Waals surface area contributed by atoms with Crippen LogP contribution in [0.5, 0.6) is 11.5 Å². The number of para-hydroxylation sites is 2. The highest BCUT2D eigenvalue weighted by Crippen LogP contribution is 2.30. The lowest BCUT2D eigenvalue weighted by molar-refractivity contribution is -0.141. The third-order valence-electron chi connectivity index (χ3n) is 6.67. The van der Waals surface area contributed by atoms with E-state index in [0.29, 0.717) is 30.7 Å². The second kappa shape index (κ2) is 11.9. The standard InChI is InChI=1S/C27H33N7O4/c1-3-37-21-10-4-5-11-22(21)38-19-8-6-14-33(18-19)25-17-28-16-23(30-25)31-27-29-13-12-24(32-27)34-15-7-9-20(34)26(35)36-2/h4-5,10-13,16-17,19-20H,3,6-9,14-15,18H2,1-2H3,(H,29,30,31,32)/t19-,20+/m1/s1. The second-order valence-electron chi connectivity index (χ2n) is 9.21. The van der Waals surface area contributed by atoms with Crippen molar-refractivity contribution in [3.63, 3.8) is 0 Å². The average molecular weight is 520 g/mol. The van der Waals surface area contributed by atoms with Crippen LogP contribution in [0.3, 0.4) is 0 Å². The number of ether oxygens (including phenoxy) is 3. The van der Waals surface area contributed by atoms with Gasteiger partial charge in [-0.1, -0.05) is 12.1 Å². The van der Waals surface area contributed by atoms with Crippen LogP contribution in [0.2, 0.25) is 0 Å². The number of carbonyl (C=O) groups is 1. The van der Waals surface area contributed by atoms with E-state index >= 15 is 0 Å². The quantitative estimate of drug-likeness (QED) is 0.418. The van der Waals surface area contributed by atoms with Crippen molar-refractivity contribution in [1.29, 1.82) is 0 Å². The summed E-state index contributed by atoms with van der Waals surface area (Å²) in [6, 6.07) is 9.23. The number of anilines is 4. The average Bonchev–Trinajstić information content (AvgIpc) is 3.45. The van der Waals surface area contributed by atoms with Crippen molar-refractivity contribution in [2.24, 2.45) is 0 Å². The molecular weight excluding hydrogens is 486 g/mol. The highest BCUT2D eigenvalue weighted by atomic mass is 16.5. The summed E-state index contributed by atoms with van der Waals surface area (Å²) in [5, 5.41) is 3.16. The minimum Gasteiger partial charge on any atom is -0.490 e. The molecule has 0 saturated carbocycles. The molecule has 0 aliphatic carbocycles. The summed E-state index contributed by atoms with van der Waals surface area (Å²) in [6.45, 7) is 4.84. The molecule has 11 heteroatoms. The number of aromatic nitrogens is 4. The normalized spacial score (nSPS) is 19.2. The summed E-state index contributed by atoms with van der Waals surface area (Å²) in [7, 11) is 1.41. The van der Waals surface area contributed by atoms with Crippen LogP contribution < -0.4 is 24.6 Å². The van der Waals surface area contributed by atoms with Gasteiger partial charge in [0.25, 0.3) is 0 Å². The van der Waals surface area contributed by atoms with Crippen LogP contribution in [0.4, 0.5) is 23.4 Å². The fraction of sp³-hybridized carbons (Fsp3) is 0.444. The van der Waals surface area contributed by atoms with Crippen molar-refractivity contribution < 1.29 is 19.0 Å². The molecule has 2 aromatic heterocycles. The van der Waals surface area contributed by atoms with Crippen molar-refractivity contribution in [3.05, 3.63) is 48.9 Å². The monoisotopic (exact) mass is 519 g/mol. The molecule has 4 heterocycles. The lowest BCUT2D eigenvalue weighted by atomic mass is 10.1. The SMILES string of the molecule is CCOc1ccccc1O[C@@H]1CCCN(c2cncc(Nc3nccc(N4CCC[C@H]4C(=O)OC)n3)n2)C1. The van der Waals surface area contributed by atoms with E-state index in [0.717, 1.165) is 56.1 Å². The Morgan fingerprint density at radius 3 is 2.74 bits per heavy atom. The molecule has 200 valence electrons. The minimum absolute atomic E-state index is 0.00649. The smallest absolute Gasteiger partial charge is 0.328 e. The van der Waals surface area contributed by atoms with Crippen LogP contribution in [0.25, 0.3) is 0 Å². The van der Waals surface area contributed by atoms with Gasteiger partial charge in [-0.2, -0.15) is 4.98 Å². The largest absolute Gasteiger partial charge is 0.490 e. The number of rotatable bonds is 9. The predicted octanol–water partition coefficient (Wildman–Crippen LogP) is 3.60. The van der Waals surface area contributed by atoms with Crippen molar-refractivity contribution >= 4 is 29.4 Å². The van der Waals surface area contributed by atoms with Gasteiger partial charge in [0.2, 0.25) is 5.95 Å². The molecule has 0 unspecified atom stereocenters. The summed E-state index contributed by atoms with van der Waals surface area (Å²) in [5.41, 5.74) is 0. The molecule has 1 N–H and O–H groups in total. The van der Waals surface area contributed by atoms with Gasteiger partial charge in [-0.25, -0.2) is 14.8 Å². The molecular formula is C27H33N7O4. The molecule has 2 aliphatic heterocycles. The minimum atomic E-state index is -0.333. The van der Waals surface area contributed by atoms with Gasteiger partial charge in [-0.3, -0.25) is 4.98 Å². The van der Waals surface area contributed by atoms with Crippen molar-refractivity contribution in [1.82, 2.24) is 19.9 Å². The molecule has 1 aromatic carbocycles. The van der Waals surface area contributed by atoms with E-state index in [1.54, 1.807) is 24.7 Å². The van der Waals surface area contributed by atoms with Gasteiger partial charge in [0, 0.05) is 19.3 Å². The van der Waals surface area contributed by atoms with Gasteiger partial charge in [-0.05, 0) is 50.8 Å².